The molecule has 0 aliphatic rings. The molecular weight excluding hydrogens is 384 g/mol. The van der Waals surface area contributed by atoms with E-state index in [-0.39, 0.29) is 24.3 Å². The fourth-order valence-electron chi connectivity index (χ4n) is 3.18. The lowest BCUT2D eigenvalue weighted by atomic mass is 10.0. The van der Waals surface area contributed by atoms with Gasteiger partial charge in [0.15, 0.2) is 5.78 Å². The van der Waals surface area contributed by atoms with E-state index in [1.54, 1.807) is 42.5 Å². The van der Waals surface area contributed by atoms with E-state index < -0.39 is 0 Å². The van der Waals surface area contributed by atoms with Gasteiger partial charge in [0.25, 0.3) is 0 Å². The van der Waals surface area contributed by atoms with E-state index in [0.29, 0.717) is 21.8 Å². The van der Waals surface area contributed by atoms with Crippen LogP contribution in [0.1, 0.15) is 40.0 Å². The van der Waals surface area contributed by atoms with Crippen molar-refractivity contribution < 1.29 is 9.59 Å². The van der Waals surface area contributed by atoms with Crippen LogP contribution in [0.2, 0.25) is 5.02 Å². The molecule has 0 radical (unpaired) electrons. The highest BCUT2D eigenvalue weighted by Crippen LogP contribution is 2.24. The van der Waals surface area contributed by atoms with E-state index in [4.69, 9.17) is 11.6 Å². The number of halogens is 1. The second-order valence-electron chi connectivity index (χ2n) is 6.89. The fraction of sp³-hybridized carbons (Fsp3) is 0.167. The first kappa shape index (κ1) is 20.8. The summed E-state index contributed by atoms with van der Waals surface area (Å²) in [6.45, 7) is 4.18. The van der Waals surface area contributed by atoms with Crippen LogP contribution in [0.15, 0.2) is 72.8 Å². The molecule has 148 valence electrons. The molecule has 0 aliphatic heterocycles. The number of hydrogen-bond donors (Lipinski definition) is 2. The third-order valence-corrected chi connectivity index (χ3v) is 5.00. The Morgan fingerprint density at radius 3 is 2.38 bits per heavy atom. The smallest absolute Gasteiger partial charge is 0.238 e. The number of hydrogen-bond acceptors (Lipinski definition) is 3. The summed E-state index contributed by atoms with van der Waals surface area (Å²) in [6, 6.07) is 21.9. The maximum absolute atomic E-state index is 12.9. The van der Waals surface area contributed by atoms with Crippen molar-refractivity contribution >= 4 is 29.0 Å². The lowest BCUT2D eigenvalue weighted by molar-refractivity contribution is -0.115. The molecule has 0 saturated heterocycles. The molecule has 5 heteroatoms. The van der Waals surface area contributed by atoms with Crippen molar-refractivity contribution in [3.8, 4) is 0 Å². The summed E-state index contributed by atoms with van der Waals surface area (Å²) in [5.74, 6) is -0.417. The Kier molecular flexibility index (Phi) is 6.81. The van der Waals surface area contributed by atoms with Gasteiger partial charge < -0.3 is 10.6 Å². The lowest BCUT2D eigenvalue weighted by Crippen LogP contribution is -2.30. The molecule has 3 aromatic carbocycles. The molecule has 0 aromatic heterocycles. The topological polar surface area (TPSA) is 58.2 Å². The van der Waals surface area contributed by atoms with Gasteiger partial charge in [-0.2, -0.15) is 0 Å². The number of nitrogens with one attached hydrogen (secondary N) is 2. The van der Waals surface area contributed by atoms with Gasteiger partial charge in [0, 0.05) is 22.2 Å². The highest BCUT2D eigenvalue weighted by Gasteiger charge is 2.16. The summed E-state index contributed by atoms with van der Waals surface area (Å²) in [5, 5.41) is 6.50. The predicted molar refractivity (Wildman–Crippen MR) is 118 cm³/mol. The van der Waals surface area contributed by atoms with Gasteiger partial charge in [-0.25, -0.2) is 0 Å². The van der Waals surface area contributed by atoms with Gasteiger partial charge in [-0.1, -0.05) is 66.2 Å². The van der Waals surface area contributed by atoms with E-state index in [2.05, 4.69) is 10.6 Å². The summed E-state index contributed by atoms with van der Waals surface area (Å²) in [4.78, 5) is 25.4. The Hall–Kier alpha value is -2.95. The first-order valence-corrected chi connectivity index (χ1v) is 9.81. The number of carbonyl (C=O) groups excluding carboxylic acids is 2. The maximum Gasteiger partial charge on any atom is 0.238 e. The molecule has 1 unspecified atom stereocenters. The minimum absolute atomic E-state index is 0.0255. The lowest BCUT2D eigenvalue weighted by Gasteiger charge is -2.17. The zero-order valence-electron chi connectivity index (χ0n) is 16.4. The average Bonchev–Trinajstić information content (AvgIpc) is 2.73. The number of carbonyl (C=O) groups is 2. The highest BCUT2D eigenvalue weighted by atomic mass is 35.5. The van der Waals surface area contributed by atoms with Crippen LogP contribution in [0.5, 0.6) is 0 Å². The second-order valence-corrected chi connectivity index (χ2v) is 7.33. The van der Waals surface area contributed by atoms with Crippen molar-refractivity contribution in [1.82, 2.24) is 5.32 Å². The first-order valence-electron chi connectivity index (χ1n) is 9.44. The van der Waals surface area contributed by atoms with E-state index >= 15 is 0 Å². The van der Waals surface area contributed by atoms with Crippen LogP contribution < -0.4 is 10.6 Å². The standard InChI is InChI=1S/C24H23ClN2O2/c1-16-8-6-7-11-20(16)17(2)26-15-23(28)27-22-13-12-19(25)14-21(22)24(29)18-9-4-3-5-10-18/h3-14,17,26H,15H2,1-2H3,(H,27,28). The molecule has 1 atom stereocenters. The third kappa shape index (κ3) is 5.31. The third-order valence-electron chi connectivity index (χ3n) is 4.76. The molecule has 0 fully saturated rings. The van der Waals surface area contributed by atoms with Crippen molar-refractivity contribution in [3.63, 3.8) is 0 Å². The number of ketones is 1. The molecule has 0 heterocycles. The van der Waals surface area contributed by atoms with Crippen molar-refractivity contribution in [2.45, 2.75) is 19.9 Å². The van der Waals surface area contributed by atoms with Crippen molar-refractivity contribution in [2.75, 3.05) is 11.9 Å². The molecule has 2 N–H and O–H groups in total. The van der Waals surface area contributed by atoms with Crippen LogP contribution >= 0.6 is 11.6 Å². The second kappa shape index (κ2) is 9.50. The van der Waals surface area contributed by atoms with Crippen LogP contribution in [-0.4, -0.2) is 18.2 Å². The summed E-state index contributed by atoms with van der Waals surface area (Å²) in [5.41, 5.74) is 3.66. The van der Waals surface area contributed by atoms with Gasteiger partial charge in [0.2, 0.25) is 5.91 Å². The summed E-state index contributed by atoms with van der Waals surface area (Å²) in [6.07, 6.45) is 0. The SMILES string of the molecule is Cc1ccccc1C(C)NCC(=O)Nc1ccc(Cl)cc1C(=O)c1ccccc1. The van der Waals surface area contributed by atoms with Gasteiger partial charge >= 0.3 is 0 Å². The zero-order chi connectivity index (χ0) is 20.8. The first-order chi connectivity index (χ1) is 14.0. The minimum Gasteiger partial charge on any atom is -0.324 e. The van der Waals surface area contributed by atoms with E-state index in [9.17, 15) is 9.59 Å². The molecule has 1 amide bonds. The fourth-order valence-corrected chi connectivity index (χ4v) is 3.35. The largest absolute Gasteiger partial charge is 0.324 e. The van der Waals surface area contributed by atoms with Crippen LogP contribution in [0.4, 0.5) is 5.69 Å². The Morgan fingerprint density at radius 1 is 0.966 bits per heavy atom. The normalized spacial score (nSPS) is 11.7. The molecule has 3 rings (SSSR count). The number of anilines is 1. The number of benzene rings is 3. The quantitative estimate of drug-likeness (QED) is 0.532. The highest BCUT2D eigenvalue weighted by molar-refractivity contribution is 6.31. The molecule has 0 bridgehead atoms. The van der Waals surface area contributed by atoms with Crippen LogP contribution in [-0.2, 0) is 4.79 Å². The van der Waals surface area contributed by atoms with Crippen LogP contribution in [0.3, 0.4) is 0 Å². The Labute approximate surface area is 175 Å². The Morgan fingerprint density at radius 2 is 1.66 bits per heavy atom. The number of aryl methyl sites for hydroxylation is 1. The molecule has 0 saturated carbocycles. The van der Waals surface area contributed by atoms with Gasteiger partial charge in [0.05, 0.1) is 12.2 Å². The van der Waals surface area contributed by atoms with Crippen LogP contribution in [0.25, 0.3) is 0 Å². The van der Waals surface area contributed by atoms with Crippen molar-refractivity contribution in [2.24, 2.45) is 0 Å². The van der Waals surface area contributed by atoms with Gasteiger partial charge in [-0.3, -0.25) is 9.59 Å². The molecular formula is C24H23ClN2O2. The summed E-state index contributed by atoms with van der Waals surface area (Å²) < 4.78 is 0. The molecule has 3 aromatic rings. The summed E-state index contributed by atoms with van der Waals surface area (Å²) in [7, 11) is 0. The average molecular weight is 407 g/mol. The number of rotatable bonds is 7. The van der Waals surface area contributed by atoms with E-state index in [1.807, 2.05) is 44.2 Å². The summed E-state index contributed by atoms with van der Waals surface area (Å²) >= 11 is 6.09. The minimum atomic E-state index is -0.227. The van der Waals surface area contributed by atoms with Crippen molar-refractivity contribution in [3.05, 3.63) is 100 Å². The van der Waals surface area contributed by atoms with E-state index in [0.717, 1.165) is 5.56 Å². The van der Waals surface area contributed by atoms with E-state index in [1.165, 1.54) is 5.56 Å². The molecule has 0 aliphatic carbocycles. The van der Waals surface area contributed by atoms with Gasteiger partial charge in [0.1, 0.15) is 0 Å². The van der Waals surface area contributed by atoms with Gasteiger partial charge in [-0.05, 0) is 43.2 Å². The Balaban J connectivity index is 1.71. The van der Waals surface area contributed by atoms with Gasteiger partial charge in [-0.15, -0.1) is 0 Å². The van der Waals surface area contributed by atoms with Crippen LogP contribution in [0, 0.1) is 6.92 Å². The zero-order valence-corrected chi connectivity index (χ0v) is 17.2. The molecule has 4 nitrogen and oxygen atoms in total. The maximum atomic E-state index is 12.9. The number of amides is 1. The monoisotopic (exact) mass is 406 g/mol. The predicted octanol–water partition coefficient (Wildman–Crippen LogP) is 5.17. The molecule has 29 heavy (non-hydrogen) atoms. The molecule has 0 spiro atoms. The Bertz CT molecular complexity index is 1020. The van der Waals surface area contributed by atoms with Crippen molar-refractivity contribution in [1.29, 1.82) is 0 Å².